The molecule has 0 saturated heterocycles. The molecule has 1 aromatic rings. The van der Waals surface area contributed by atoms with E-state index in [0.717, 1.165) is 16.9 Å². The lowest BCUT2D eigenvalue weighted by atomic mass is 10.0. The van der Waals surface area contributed by atoms with Crippen molar-refractivity contribution in [2.45, 2.75) is 56.4 Å². The van der Waals surface area contributed by atoms with Crippen LogP contribution in [0.25, 0.3) is 0 Å². The topological polar surface area (TPSA) is 21.3 Å². The van der Waals surface area contributed by atoms with Crippen molar-refractivity contribution in [1.82, 2.24) is 5.32 Å². The third-order valence-electron chi connectivity index (χ3n) is 4.77. The van der Waals surface area contributed by atoms with Gasteiger partial charge in [-0.1, -0.05) is 19.1 Å². The summed E-state index contributed by atoms with van der Waals surface area (Å²) in [5, 5.41) is 4.84. The number of hydrogen-bond acceptors (Lipinski definition) is 3. The molecule has 0 aromatic heterocycles. The highest BCUT2D eigenvalue weighted by Gasteiger charge is 2.35. The van der Waals surface area contributed by atoms with E-state index < -0.39 is 0 Å². The maximum Gasteiger partial charge on any atom is 0.118 e. The molecule has 0 heterocycles. The molecule has 2 saturated carbocycles. The van der Waals surface area contributed by atoms with Crippen LogP contribution in [0.4, 0.5) is 0 Å². The Morgan fingerprint density at radius 3 is 2.57 bits per heavy atom. The van der Waals surface area contributed by atoms with Gasteiger partial charge in [0, 0.05) is 17.3 Å². The largest absolute Gasteiger partial charge is 0.497 e. The van der Waals surface area contributed by atoms with Crippen molar-refractivity contribution >= 4 is 11.8 Å². The molecule has 1 N–H and O–H groups in total. The zero-order chi connectivity index (χ0) is 14.7. The van der Waals surface area contributed by atoms with Gasteiger partial charge >= 0.3 is 0 Å². The number of nitrogens with one attached hydrogen (secondary N) is 1. The van der Waals surface area contributed by atoms with Crippen LogP contribution in [0, 0.1) is 5.92 Å². The van der Waals surface area contributed by atoms with E-state index in [9.17, 15) is 0 Å². The van der Waals surface area contributed by atoms with Crippen LogP contribution in [0.1, 0.15) is 50.6 Å². The van der Waals surface area contributed by atoms with Gasteiger partial charge in [0.15, 0.2) is 0 Å². The molecule has 0 bridgehead atoms. The Bertz CT molecular complexity index is 443. The number of ether oxygens (including phenoxy) is 1. The molecule has 3 rings (SSSR count). The zero-order valence-electron chi connectivity index (χ0n) is 13.2. The molecule has 116 valence electrons. The molecule has 0 aliphatic heterocycles. The minimum atomic E-state index is 0.547. The minimum Gasteiger partial charge on any atom is -0.497 e. The summed E-state index contributed by atoms with van der Waals surface area (Å²) in [5.74, 6) is 3.05. The molecule has 1 aromatic carbocycles. The zero-order valence-corrected chi connectivity index (χ0v) is 14.0. The van der Waals surface area contributed by atoms with Gasteiger partial charge in [-0.05, 0) is 61.5 Å². The molecule has 0 amide bonds. The lowest BCUT2D eigenvalue weighted by molar-refractivity contribution is 0.402. The molecular formula is C18H27NOS. The quantitative estimate of drug-likeness (QED) is 0.806. The van der Waals surface area contributed by atoms with E-state index in [1.165, 1.54) is 43.4 Å². The summed E-state index contributed by atoms with van der Waals surface area (Å²) in [6, 6.07) is 9.92. The average molecular weight is 305 g/mol. The maximum absolute atomic E-state index is 5.28. The fraction of sp³-hybridized carbons (Fsp3) is 0.667. The van der Waals surface area contributed by atoms with Crippen molar-refractivity contribution in [2.75, 3.05) is 12.9 Å². The predicted octanol–water partition coefficient (Wildman–Crippen LogP) is 4.41. The van der Waals surface area contributed by atoms with E-state index in [2.05, 4.69) is 48.3 Å². The van der Waals surface area contributed by atoms with Gasteiger partial charge in [-0.25, -0.2) is 0 Å². The average Bonchev–Trinajstić information content (AvgIpc) is 3.26. The number of benzene rings is 1. The van der Waals surface area contributed by atoms with E-state index in [0.29, 0.717) is 12.1 Å². The number of hydrogen-bond donors (Lipinski definition) is 1. The van der Waals surface area contributed by atoms with Crippen molar-refractivity contribution in [3.8, 4) is 5.75 Å². The van der Waals surface area contributed by atoms with Crippen molar-refractivity contribution in [2.24, 2.45) is 5.92 Å². The fourth-order valence-electron chi connectivity index (χ4n) is 3.48. The molecule has 2 aliphatic rings. The summed E-state index contributed by atoms with van der Waals surface area (Å²) >= 11 is 2.14. The molecule has 2 aliphatic carbocycles. The lowest BCUT2D eigenvalue weighted by Gasteiger charge is -2.24. The van der Waals surface area contributed by atoms with Gasteiger partial charge in [-0.2, -0.15) is 11.8 Å². The van der Waals surface area contributed by atoms with Gasteiger partial charge in [-0.15, -0.1) is 0 Å². The highest BCUT2D eigenvalue weighted by Crippen LogP contribution is 2.42. The highest BCUT2D eigenvalue weighted by atomic mass is 32.2. The summed E-state index contributed by atoms with van der Waals surface area (Å²) < 4.78 is 5.28. The van der Waals surface area contributed by atoms with Gasteiger partial charge in [0.05, 0.1) is 7.11 Å². The fourth-order valence-corrected chi connectivity index (χ4v) is 4.62. The number of rotatable bonds is 7. The molecular weight excluding hydrogens is 278 g/mol. The molecule has 21 heavy (non-hydrogen) atoms. The second kappa shape index (κ2) is 7.06. The van der Waals surface area contributed by atoms with Crippen molar-refractivity contribution in [1.29, 1.82) is 0 Å². The van der Waals surface area contributed by atoms with Crippen molar-refractivity contribution in [3.63, 3.8) is 0 Å². The molecule has 3 atom stereocenters. The van der Waals surface area contributed by atoms with E-state index in [1.54, 1.807) is 7.11 Å². The Morgan fingerprint density at radius 2 is 1.95 bits per heavy atom. The summed E-state index contributed by atoms with van der Waals surface area (Å²) in [5.41, 5.74) is 1.44. The van der Waals surface area contributed by atoms with E-state index >= 15 is 0 Å². The molecule has 0 radical (unpaired) electrons. The number of thioether (sulfide) groups is 1. The second-order valence-corrected chi connectivity index (χ2v) is 7.92. The Morgan fingerprint density at radius 1 is 1.19 bits per heavy atom. The van der Waals surface area contributed by atoms with E-state index in [1.807, 2.05) is 0 Å². The summed E-state index contributed by atoms with van der Waals surface area (Å²) in [7, 11) is 1.73. The summed E-state index contributed by atoms with van der Waals surface area (Å²) in [4.78, 5) is 0. The van der Waals surface area contributed by atoms with Crippen LogP contribution in [0.3, 0.4) is 0 Å². The van der Waals surface area contributed by atoms with Crippen LogP contribution < -0.4 is 10.1 Å². The standard InChI is InChI=1S/C18H27NOS/c1-3-21-17-11-8-15(12-17)19-18(13-4-5-13)14-6-9-16(20-2)10-7-14/h6-7,9-10,13,15,17-19H,3-5,8,11-12H2,1-2H3. The number of methoxy groups -OCH3 is 1. The molecule has 3 unspecified atom stereocenters. The third-order valence-corrected chi connectivity index (χ3v) is 6.00. The molecule has 0 spiro atoms. The van der Waals surface area contributed by atoms with Crippen LogP contribution >= 0.6 is 11.8 Å². The Labute approximate surface area is 133 Å². The van der Waals surface area contributed by atoms with Gasteiger partial charge < -0.3 is 10.1 Å². The minimum absolute atomic E-state index is 0.547. The SMILES string of the molecule is CCSC1CCC(NC(c2ccc(OC)cc2)C2CC2)C1. The van der Waals surface area contributed by atoms with Crippen LogP contribution in [-0.4, -0.2) is 24.2 Å². The molecule has 2 fully saturated rings. The third kappa shape index (κ3) is 3.95. The summed E-state index contributed by atoms with van der Waals surface area (Å²) in [6.45, 7) is 2.27. The van der Waals surface area contributed by atoms with Crippen LogP contribution in [-0.2, 0) is 0 Å². The van der Waals surface area contributed by atoms with Crippen LogP contribution in [0.15, 0.2) is 24.3 Å². The highest BCUT2D eigenvalue weighted by molar-refractivity contribution is 7.99. The first-order valence-corrected chi connectivity index (χ1v) is 9.36. The Kier molecular flexibility index (Phi) is 5.12. The maximum atomic E-state index is 5.28. The Hall–Kier alpha value is -0.670. The molecule has 3 heteroatoms. The second-order valence-electron chi connectivity index (χ2n) is 6.34. The smallest absolute Gasteiger partial charge is 0.118 e. The predicted molar refractivity (Wildman–Crippen MR) is 91.2 cm³/mol. The summed E-state index contributed by atoms with van der Waals surface area (Å²) in [6.07, 6.45) is 6.83. The normalized spacial score (nSPS) is 26.8. The van der Waals surface area contributed by atoms with Gasteiger partial charge in [0.2, 0.25) is 0 Å². The van der Waals surface area contributed by atoms with Crippen molar-refractivity contribution < 1.29 is 4.74 Å². The first kappa shape index (κ1) is 15.2. The van der Waals surface area contributed by atoms with Crippen molar-refractivity contribution in [3.05, 3.63) is 29.8 Å². The van der Waals surface area contributed by atoms with Gasteiger partial charge in [-0.3, -0.25) is 0 Å². The van der Waals surface area contributed by atoms with Gasteiger partial charge in [0.1, 0.15) is 5.75 Å². The monoisotopic (exact) mass is 305 g/mol. The first-order chi connectivity index (χ1) is 10.3. The Balaban J connectivity index is 1.62. The van der Waals surface area contributed by atoms with Crippen LogP contribution in [0.5, 0.6) is 5.75 Å². The van der Waals surface area contributed by atoms with Crippen LogP contribution in [0.2, 0.25) is 0 Å². The van der Waals surface area contributed by atoms with Gasteiger partial charge in [0.25, 0.3) is 0 Å². The lowest BCUT2D eigenvalue weighted by Crippen LogP contribution is -2.32. The van der Waals surface area contributed by atoms with E-state index in [-0.39, 0.29) is 0 Å². The first-order valence-electron chi connectivity index (χ1n) is 8.31. The van der Waals surface area contributed by atoms with E-state index in [4.69, 9.17) is 4.74 Å². The molecule has 2 nitrogen and oxygen atoms in total.